The third-order valence-electron chi connectivity index (χ3n) is 5.18. The molecule has 1 aliphatic carbocycles. The lowest BCUT2D eigenvalue weighted by Crippen LogP contribution is -2.17. The van der Waals surface area contributed by atoms with Gasteiger partial charge in [0, 0.05) is 18.8 Å². The van der Waals surface area contributed by atoms with Gasteiger partial charge in [0.1, 0.15) is 5.75 Å². The first-order chi connectivity index (χ1) is 13.2. The molecule has 2 aliphatic rings. The molecule has 0 amide bonds. The van der Waals surface area contributed by atoms with Crippen LogP contribution in [-0.2, 0) is 0 Å². The molecule has 0 bridgehead atoms. The van der Waals surface area contributed by atoms with Crippen LogP contribution < -0.4 is 9.64 Å². The van der Waals surface area contributed by atoms with Gasteiger partial charge in [0.05, 0.1) is 12.8 Å². The Balaban J connectivity index is 1.75. The van der Waals surface area contributed by atoms with Gasteiger partial charge in [-0.15, -0.1) is 0 Å². The van der Waals surface area contributed by atoms with E-state index in [9.17, 15) is 0 Å². The number of anilines is 1. The molecule has 1 aliphatic heterocycles. The molecule has 1 heterocycles. The average molecular weight is 356 g/mol. The number of allylic oxidation sites excluding steroid dienone is 5. The summed E-state index contributed by atoms with van der Waals surface area (Å²) in [5, 5.41) is 7.79. The van der Waals surface area contributed by atoms with Crippen molar-refractivity contribution in [1.82, 2.24) is 0 Å². The molecule has 0 aromatic heterocycles. The Kier molecular flexibility index (Phi) is 4.93. The second-order valence-electron chi connectivity index (χ2n) is 6.92. The monoisotopic (exact) mass is 356 g/mol. The normalized spacial score (nSPS) is 16.1. The van der Waals surface area contributed by atoms with Crippen LogP contribution in [0.1, 0.15) is 24.0 Å². The van der Waals surface area contributed by atoms with Gasteiger partial charge in [-0.1, -0.05) is 36.4 Å². The molecule has 1 fully saturated rings. The Morgan fingerprint density at radius 2 is 1.37 bits per heavy atom. The van der Waals surface area contributed by atoms with Crippen molar-refractivity contribution in [2.75, 3.05) is 25.1 Å². The maximum atomic E-state index is 7.79. The summed E-state index contributed by atoms with van der Waals surface area (Å²) in [7, 11) is 1.68. The second-order valence-corrected chi connectivity index (χ2v) is 6.92. The van der Waals surface area contributed by atoms with Crippen LogP contribution in [-0.4, -0.2) is 25.9 Å². The molecule has 2 aromatic rings. The van der Waals surface area contributed by atoms with Crippen LogP contribution in [0.25, 0.3) is 5.57 Å². The number of rotatable bonds is 4. The number of nitrogens with zero attached hydrogens (tertiary/aromatic N) is 1. The van der Waals surface area contributed by atoms with Gasteiger partial charge >= 0.3 is 0 Å². The molecule has 0 unspecified atom stereocenters. The summed E-state index contributed by atoms with van der Waals surface area (Å²) in [5.41, 5.74) is 6.43. The molecule has 3 heteroatoms. The average Bonchev–Trinajstić information content (AvgIpc) is 3.26. The van der Waals surface area contributed by atoms with Crippen LogP contribution in [0.5, 0.6) is 5.75 Å². The number of nitrogens with one attached hydrogen (secondary N) is 1. The van der Waals surface area contributed by atoms with Crippen molar-refractivity contribution in [2.24, 2.45) is 0 Å². The summed E-state index contributed by atoms with van der Waals surface area (Å²) >= 11 is 0. The van der Waals surface area contributed by atoms with Crippen LogP contribution in [0.4, 0.5) is 5.69 Å². The molecule has 3 nitrogen and oxygen atoms in total. The minimum atomic E-state index is 0.525. The quantitative estimate of drug-likeness (QED) is 0.813. The van der Waals surface area contributed by atoms with Gasteiger partial charge in [-0.2, -0.15) is 0 Å². The smallest absolute Gasteiger partial charge is 0.118 e. The van der Waals surface area contributed by atoms with Crippen molar-refractivity contribution in [3.63, 3.8) is 0 Å². The highest BCUT2D eigenvalue weighted by Gasteiger charge is 2.14. The predicted octanol–water partition coefficient (Wildman–Crippen LogP) is 5.24. The van der Waals surface area contributed by atoms with Crippen molar-refractivity contribution in [1.29, 1.82) is 5.41 Å². The summed E-state index contributed by atoms with van der Waals surface area (Å²) in [5.74, 6) is 0.851. The minimum Gasteiger partial charge on any atom is -0.497 e. The number of ether oxygens (including phenoxy) is 1. The number of hydrogen-bond donors (Lipinski definition) is 1. The molecule has 0 saturated carbocycles. The number of benzene rings is 2. The molecular formula is C24H24N2O. The van der Waals surface area contributed by atoms with Gasteiger partial charge < -0.3 is 15.0 Å². The Labute approximate surface area is 160 Å². The van der Waals surface area contributed by atoms with E-state index in [4.69, 9.17) is 10.1 Å². The zero-order chi connectivity index (χ0) is 18.6. The topological polar surface area (TPSA) is 36.3 Å². The first-order valence-electron chi connectivity index (χ1n) is 9.43. The molecule has 4 rings (SSSR count). The van der Waals surface area contributed by atoms with Crippen molar-refractivity contribution < 1.29 is 4.74 Å². The third kappa shape index (κ3) is 3.72. The maximum absolute atomic E-state index is 7.79. The van der Waals surface area contributed by atoms with Crippen LogP contribution in [0, 0.1) is 5.41 Å². The first-order valence-corrected chi connectivity index (χ1v) is 9.43. The molecule has 136 valence electrons. The van der Waals surface area contributed by atoms with Gasteiger partial charge in [-0.25, -0.2) is 0 Å². The Hall–Kier alpha value is -3.07. The van der Waals surface area contributed by atoms with Crippen molar-refractivity contribution >= 4 is 17.0 Å². The van der Waals surface area contributed by atoms with Gasteiger partial charge in [-0.05, 0) is 71.5 Å². The fourth-order valence-corrected chi connectivity index (χ4v) is 3.71. The molecule has 1 N–H and O–H groups in total. The van der Waals surface area contributed by atoms with E-state index in [1.165, 1.54) is 29.7 Å². The minimum absolute atomic E-state index is 0.525. The van der Waals surface area contributed by atoms with E-state index >= 15 is 0 Å². The van der Waals surface area contributed by atoms with E-state index in [2.05, 4.69) is 41.3 Å². The fraction of sp³-hybridized carbons (Fsp3) is 0.208. The summed E-state index contributed by atoms with van der Waals surface area (Å²) in [6.07, 6.45) is 10.3. The van der Waals surface area contributed by atoms with Crippen molar-refractivity contribution in [3.8, 4) is 5.75 Å². The molecule has 2 aromatic carbocycles. The molecule has 0 radical (unpaired) electrons. The predicted molar refractivity (Wildman–Crippen MR) is 113 cm³/mol. The highest BCUT2D eigenvalue weighted by atomic mass is 16.5. The molecule has 1 saturated heterocycles. The van der Waals surface area contributed by atoms with Gasteiger partial charge in [0.15, 0.2) is 0 Å². The third-order valence-corrected chi connectivity index (χ3v) is 5.18. The highest BCUT2D eigenvalue weighted by molar-refractivity contribution is 6.05. The standard InChI is InChI=1S/C24H24N2O/c1-27-23-14-8-20(9-15-23)24(18-4-10-21(25)11-5-18)19-6-12-22(13-7-19)26-16-2-3-17-26/h4-15,25H,2-3,16-17H2,1H3. The van der Waals surface area contributed by atoms with E-state index in [1.54, 1.807) is 7.11 Å². The van der Waals surface area contributed by atoms with E-state index < -0.39 is 0 Å². The van der Waals surface area contributed by atoms with E-state index in [1.807, 2.05) is 36.4 Å². The van der Waals surface area contributed by atoms with Crippen molar-refractivity contribution in [2.45, 2.75) is 12.8 Å². The van der Waals surface area contributed by atoms with E-state index in [-0.39, 0.29) is 0 Å². The van der Waals surface area contributed by atoms with Crippen LogP contribution >= 0.6 is 0 Å². The lowest BCUT2D eigenvalue weighted by Gasteiger charge is -2.19. The summed E-state index contributed by atoms with van der Waals surface area (Å²) < 4.78 is 5.31. The lowest BCUT2D eigenvalue weighted by molar-refractivity contribution is 0.415. The number of hydrogen-bond acceptors (Lipinski definition) is 3. The largest absolute Gasteiger partial charge is 0.497 e. The highest BCUT2D eigenvalue weighted by Crippen LogP contribution is 2.32. The van der Waals surface area contributed by atoms with Crippen molar-refractivity contribution in [3.05, 3.63) is 89.5 Å². The molecule has 27 heavy (non-hydrogen) atoms. The maximum Gasteiger partial charge on any atom is 0.118 e. The Morgan fingerprint density at radius 3 is 1.93 bits per heavy atom. The van der Waals surface area contributed by atoms with Gasteiger partial charge in [0.25, 0.3) is 0 Å². The van der Waals surface area contributed by atoms with Gasteiger partial charge in [-0.3, -0.25) is 0 Å². The first kappa shape index (κ1) is 17.3. The zero-order valence-electron chi connectivity index (χ0n) is 15.6. The fourth-order valence-electron chi connectivity index (χ4n) is 3.71. The summed E-state index contributed by atoms with van der Waals surface area (Å²) in [4.78, 5) is 2.45. The Morgan fingerprint density at radius 1 is 0.815 bits per heavy atom. The molecule has 0 atom stereocenters. The molecule has 0 spiro atoms. The van der Waals surface area contributed by atoms with E-state index in [0.29, 0.717) is 5.71 Å². The van der Waals surface area contributed by atoms with Gasteiger partial charge in [0.2, 0.25) is 0 Å². The van der Waals surface area contributed by atoms with Crippen LogP contribution in [0.2, 0.25) is 0 Å². The van der Waals surface area contributed by atoms with Crippen LogP contribution in [0.3, 0.4) is 0 Å². The number of methoxy groups -OCH3 is 1. The SMILES string of the molecule is COc1ccc(C(=C2C=CC(=N)C=C2)c2ccc(N3CCCC3)cc2)cc1. The Bertz CT molecular complexity index is 894. The van der Waals surface area contributed by atoms with Crippen LogP contribution in [0.15, 0.2) is 78.4 Å². The summed E-state index contributed by atoms with van der Waals surface area (Å²) in [6.45, 7) is 2.30. The second kappa shape index (κ2) is 7.67. The van der Waals surface area contributed by atoms with E-state index in [0.717, 1.165) is 30.0 Å². The lowest BCUT2D eigenvalue weighted by atomic mass is 9.90. The zero-order valence-corrected chi connectivity index (χ0v) is 15.6. The summed E-state index contributed by atoms with van der Waals surface area (Å²) in [6, 6.07) is 17.0. The molecular weight excluding hydrogens is 332 g/mol.